The van der Waals surface area contributed by atoms with Gasteiger partial charge in [0.05, 0.1) is 5.92 Å². The number of ether oxygens (including phenoxy) is 1. The minimum absolute atomic E-state index is 0.0101. The summed E-state index contributed by atoms with van der Waals surface area (Å²) in [6, 6.07) is 10.4. The van der Waals surface area contributed by atoms with Crippen LogP contribution in [-0.4, -0.2) is 6.11 Å². The van der Waals surface area contributed by atoms with Crippen LogP contribution in [0, 0.1) is 29.4 Å². The molecule has 34 heavy (non-hydrogen) atoms. The van der Waals surface area contributed by atoms with Crippen molar-refractivity contribution in [2.24, 2.45) is 17.8 Å². The first-order valence-corrected chi connectivity index (χ1v) is 12.7. The summed E-state index contributed by atoms with van der Waals surface area (Å²) in [4.78, 5) is 0. The fourth-order valence-corrected chi connectivity index (χ4v) is 5.55. The molecule has 0 N–H and O–H groups in total. The summed E-state index contributed by atoms with van der Waals surface area (Å²) in [5.41, 5.74) is 2.83. The molecule has 1 nitrogen and oxygen atoms in total. The summed E-state index contributed by atoms with van der Waals surface area (Å²) in [5, 5.41) is 0. The summed E-state index contributed by atoms with van der Waals surface area (Å²) < 4.78 is 62.0. The van der Waals surface area contributed by atoms with Gasteiger partial charge >= 0.3 is 6.11 Å². The lowest BCUT2D eigenvalue weighted by Gasteiger charge is -2.37. The number of aryl methyl sites for hydroxylation is 1. The van der Waals surface area contributed by atoms with Crippen LogP contribution in [0.2, 0.25) is 0 Å². The van der Waals surface area contributed by atoms with E-state index >= 15 is 0 Å². The third-order valence-corrected chi connectivity index (χ3v) is 7.63. The molecule has 184 valence electrons. The molecule has 1 atom stereocenters. The Morgan fingerprint density at radius 2 is 1.65 bits per heavy atom. The molecule has 2 aliphatic carbocycles. The van der Waals surface area contributed by atoms with E-state index in [2.05, 4.69) is 13.0 Å². The van der Waals surface area contributed by atoms with Gasteiger partial charge in [0.1, 0.15) is 17.4 Å². The minimum Gasteiger partial charge on any atom is -0.432 e. The third-order valence-electron chi connectivity index (χ3n) is 7.63. The van der Waals surface area contributed by atoms with Crippen LogP contribution in [0.15, 0.2) is 48.5 Å². The van der Waals surface area contributed by atoms with E-state index in [1.165, 1.54) is 12.1 Å². The third kappa shape index (κ3) is 6.03. The molecule has 0 aromatic heterocycles. The van der Waals surface area contributed by atoms with Gasteiger partial charge in [-0.05, 0) is 111 Å². The number of benzene rings is 2. The average molecular weight is 475 g/mol. The van der Waals surface area contributed by atoms with Gasteiger partial charge in [0.15, 0.2) is 0 Å². The first-order valence-electron chi connectivity index (χ1n) is 12.7. The van der Waals surface area contributed by atoms with Crippen molar-refractivity contribution in [1.29, 1.82) is 0 Å². The Morgan fingerprint density at radius 3 is 2.26 bits per heavy atom. The zero-order chi connectivity index (χ0) is 24.1. The fourth-order valence-electron chi connectivity index (χ4n) is 5.55. The van der Waals surface area contributed by atoms with Crippen LogP contribution in [0.5, 0.6) is 5.75 Å². The van der Waals surface area contributed by atoms with Crippen molar-refractivity contribution in [2.75, 3.05) is 0 Å². The van der Waals surface area contributed by atoms with E-state index in [9.17, 15) is 17.6 Å². The second-order valence-electron chi connectivity index (χ2n) is 9.91. The van der Waals surface area contributed by atoms with Crippen molar-refractivity contribution in [1.82, 2.24) is 0 Å². The Labute approximate surface area is 200 Å². The van der Waals surface area contributed by atoms with E-state index in [1.54, 1.807) is 6.07 Å². The number of allylic oxidation sites excluding steroid dienone is 2. The number of alkyl halides is 2. The second-order valence-corrected chi connectivity index (χ2v) is 9.91. The molecule has 1 unspecified atom stereocenters. The van der Waals surface area contributed by atoms with E-state index in [0.29, 0.717) is 30.2 Å². The maximum absolute atomic E-state index is 14.7. The highest BCUT2D eigenvalue weighted by Gasteiger charge is 2.44. The molecular formula is C29H34F4O. The van der Waals surface area contributed by atoms with E-state index in [4.69, 9.17) is 4.74 Å². The molecule has 1 saturated carbocycles. The van der Waals surface area contributed by atoms with Gasteiger partial charge in [-0.25, -0.2) is 8.78 Å². The van der Waals surface area contributed by atoms with Gasteiger partial charge in [-0.1, -0.05) is 31.6 Å². The van der Waals surface area contributed by atoms with Crippen LogP contribution in [0.4, 0.5) is 17.6 Å². The second kappa shape index (κ2) is 11.0. The summed E-state index contributed by atoms with van der Waals surface area (Å²) in [7, 11) is 0. The Morgan fingerprint density at radius 1 is 0.912 bits per heavy atom. The van der Waals surface area contributed by atoms with E-state index in [-0.39, 0.29) is 11.6 Å². The van der Waals surface area contributed by atoms with Gasteiger partial charge in [0.2, 0.25) is 0 Å². The monoisotopic (exact) mass is 474 g/mol. The maximum Gasteiger partial charge on any atom is 0.400 e. The average Bonchev–Trinajstić information content (AvgIpc) is 2.84. The van der Waals surface area contributed by atoms with Crippen LogP contribution in [-0.2, 0) is 6.42 Å². The zero-order valence-electron chi connectivity index (χ0n) is 19.8. The lowest BCUT2D eigenvalue weighted by molar-refractivity contribution is -0.224. The molecule has 0 bridgehead atoms. The quantitative estimate of drug-likeness (QED) is 0.347. The van der Waals surface area contributed by atoms with Crippen molar-refractivity contribution in [3.05, 3.63) is 71.3 Å². The van der Waals surface area contributed by atoms with Gasteiger partial charge in [-0.3, -0.25) is 0 Å². The topological polar surface area (TPSA) is 9.23 Å². The minimum atomic E-state index is -3.26. The van der Waals surface area contributed by atoms with Crippen LogP contribution in [0.3, 0.4) is 0 Å². The number of hydrogen-bond acceptors (Lipinski definition) is 1. The molecule has 2 aromatic carbocycles. The molecule has 2 aliphatic rings. The maximum atomic E-state index is 14.7. The Kier molecular flexibility index (Phi) is 8.00. The summed E-state index contributed by atoms with van der Waals surface area (Å²) >= 11 is 0. The molecule has 0 saturated heterocycles. The van der Waals surface area contributed by atoms with Gasteiger partial charge < -0.3 is 4.74 Å². The molecule has 0 heterocycles. The molecule has 4 rings (SSSR count). The molecular weight excluding hydrogens is 440 g/mol. The molecule has 0 aliphatic heterocycles. The zero-order valence-corrected chi connectivity index (χ0v) is 19.8. The highest BCUT2D eigenvalue weighted by molar-refractivity contribution is 5.67. The first kappa shape index (κ1) is 24.8. The largest absolute Gasteiger partial charge is 0.432 e. The van der Waals surface area contributed by atoms with Crippen molar-refractivity contribution in [2.45, 2.75) is 77.2 Å². The fraction of sp³-hybridized carbons (Fsp3) is 0.517. The van der Waals surface area contributed by atoms with Crippen molar-refractivity contribution in [3.8, 4) is 5.75 Å². The summed E-state index contributed by atoms with van der Waals surface area (Å²) in [6.45, 7) is 2.13. The van der Waals surface area contributed by atoms with E-state index in [1.807, 2.05) is 12.1 Å². The standard InChI is InChI=1S/C29H34F4O/c1-2-3-4-20-5-18-27(28(31)19-20)23-8-6-21(7-9-23)22-10-12-24(13-11-22)29(32,33)34-26-16-14-25(30)15-17-26/h5,8,14-19,21-22,24H,2-4,6-7,9-13H2,1H3. The highest BCUT2D eigenvalue weighted by atomic mass is 19.3. The predicted octanol–water partition coefficient (Wildman–Crippen LogP) is 8.97. The van der Waals surface area contributed by atoms with Gasteiger partial charge in [0, 0.05) is 5.56 Å². The van der Waals surface area contributed by atoms with Gasteiger partial charge in [-0.2, -0.15) is 8.78 Å². The SMILES string of the molecule is CCCCc1ccc(C2=CCC(C3CCC(C(F)(F)Oc4ccc(F)cc4)CC3)CC2)c(F)c1. The Bertz CT molecular complexity index is 974. The van der Waals surface area contributed by atoms with Crippen molar-refractivity contribution >= 4 is 5.57 Å². The molecule has 0 amide bonds. The Hall–Kier alpha value is -2.30. The smallest absolute Gasteiger partial charge is 0.400 e. The van der Waals surface area contributed by atoms with Crippen LogP contribution in [0.25, 0.3) is 5.57 Å². The lowest BCUT2D eigenvalue weighted by atomic mass is 9.70. The van der Waals surface area contributed by atoms with E-state index < -0.39 is 17.8 Å². The number of halogens is 4. The number of unbranched alkanes of at least 4 members (excludes halogenated alkanes) is 1. The van der Waals surface area contributed by atoms with Crippen LogP contribution in [0.1, 0.15) is 75.8 Å². The van der Waals surface area contributed by atoms with Crippen molar-refractivity contribution in [3.63, 3.8) is 0 Å². The summed E-state index contributed by atoms with van der Waals surface area (Å²) in [5.74, 6) is -0.581. The van der Waals surface area contributed by atoms with Gasteiger partial charge in [-0.15, -0.1) is 0 Å². The summed E-state index contributed by atoms with van der Waals surface area (Å²) in [6.07, 6.45) is 6.99. The molecule has 2 aromatic rings. The van der Waals surface area contributed by atoms with E-state index in [0.717, 1.165) is 74.6 Å². The lowest BCUT2D eigenvalue weighted by Crippen LogP contribution is -2.38. The number of rotatable bonds is 8. The van der Waals surface area contributed by atoms with Crippen molar-refractivity contribution < 1.29 is 22.3 Å². The Balaban J connectivity index is 1.30. The first-order chi connectivity index (χ1) is 16.4. The molecule has 1 fully saturated rings. The van der Waals surface area contributed by atoms with Crippen LogP contribution < -0.4 is 4.74 Å². The van der Waals surface area contributed by atoms with Gasteiger partial charge in [0.25, 0.3) is 0 Å². The predicted molar refractivity (Wildman–Crippen MR) is 128 cm³/mol. The molecule has 5 heteroatoms. The molecule has 0 radical (unpaired) electrons. The normalized spacial score (nSPS) is 23.4. The highest BCUT2D eigenvalue weighted by Crippen LogP contribution is 2.45. The number of hydrogen-bond donors (Lipinski definition) is 0. The molecule has 0 spiro atoms. The van der Waals surface area contributed by atoms with Crippen LogP contribution >= 0.6 is 0 Å².